The average Bonchev–Trinajstić information content (AvgIpc) is 2.61. The van der Waals surface area contributed by atoms with Gasteiger partial charge in [-0.15, -0.1) is 0 Å². The van der Waals surface area contributed by atoms with Crippen molar-refractivity contribution in [3.05, 3.63) is 23.2 Å². The Morgan fingerprint density at radius 1 is 1.42 bits per heavy atom. The molecule has 1 fully saturated rings. The minimum absolute atomic E-state index is 0.141. The van der Waals surface area contributed by atoms with Crippen molar-refractivity contribution in [1.82, 2.24) is 0 Å². The van der Waals surface area contributed by atoms with Gasteiger partial charge < -0.3 is 10.6 Å². The van der Waals surface area contributed by atoms with Crippen molar-refractivity contribution in [3.63, 3.8) is 0 Å². The maximum Gasteiger partial charge on any atom is 0.227 e. The lowest BCUT2D eigenvalue weighted by Crippen LogP contribution is -2.28. The van der Waals surface area contributed by atoms with Gasteiger partial charge in [-0.25, -0.2) is 13.6 Å². The molecule has 1 saturated heterocycles. The number of nitrogen functional groups attached to an aromatic ring is 1. The Hall–Kier alpha value is -1.31. The van der Waals surface area contributed by atoms with Crippen molar-refractivity contribution < 1.29 is 13.2 Å². The molecule has 8 heteroatoms. The van der Waals surface area contributed by atoms with Crippen LogP contribution in [0.25, 0.3) is 0 Å². The lowest BCUT2D eigenvalue weighted by Gasteiger charge is -2.19. The summed E-state index contributed by atoms with van der Waals surface area (Å²) in [5.74, 6) is -0.709. The number of nitrogens with zero attached hydrogens (tertiary/aromatic N) is 1. The third-order valence-corrected chi connectivity index (χ3v) is 4.26. The van der Waals surface area contributed by atoms with Gasteiger partial charge in [0.05, 0.1) is 22.2 Å². The van der Waals surface area contributed by atoms with Crippen LogP contribution in [0.2, 0.25) is 5.02 Å². The molecule has 0 spiro atoms. The molecule has 1 atom stereocenters. The number of halogens is 1. The summed E-state index contributed by atoms with van der Waals surface area (Å²) < 4.78 is 22.1. The number of sulfonamides is 1. The van der Waals surface area contributed by atoms with E-state index in [1.165, 1.54) is 4.90 Å². The maximum absolute atomic E-state index is 11.9. The highest BCUT2D eigenvalue weighted by molar-refractivity contribution is 7.89. The Balaban J connectivity index is 2.23. The smallest absolute Gasteiger partial charge is 0.227 e. The molecule has 19 heavy (non-hydrogen) atoms. The Labute approximate surface area is 116 Å². The van der Waals surface area contributed by atoms with E-state index in [1.807, 2.05) is 0 Å². The largest absolute Gasteiger partial charge is 0.396 e. The zero-order chi connectivity index (χ0) is 14.2. The van der Waals surface area contributed by atoms with Crippen LogP contribution in [0, 0.1) is 5.92 Å². The quantitative estimate of drug-likeness (QED) is 0.796. The summed E-state index contributed by atoms with van der Waals surface area (Å²) in [5.41, 5.74) is 6.65. The fraction of sp³-hybridized carbons (Fsp3) is 0.364. The first kappa shape index (κ1) is 14.1. The molecule has 104 valence electrons. The van der Waals surface area contributed by atoms with E-state index >= 15 is 0 Å². The molecule has 1 heterocycles. The molecule has 0 bridgehead atoms. The minimum Gasteiger partial charge on any atom is -0.396 e. The first-order valence-electron chi connectivity index (χ1n) is 5.63. The summed E-state index contributed by atoms with van der Waals surface area (Å²) in [6, 6.07) is 5.00. The number of hydrogen-bond acceptors (Lipinski definition) is 4. The number of rotatable bonds is 3. The maximum atomic E-state index is 11.9. The Morgan fingerprint density at radius 3 is 2.74 bits per heavy atom. The van der Waals surface area contributed by atoms with Gasteiger partial charge in [-0.1, -0.05) is 17.7 Å². The van der Waals surface area contributed by atoms with Gasteiger partial charge in [0, 0.05) is 18.9 Å². The molecular weight excluding hydrogens is 290 g/mol. The lowest BCUT2D eigenvalue weighted by molar-refractivity contribution is -0.117. The summed E-state index contributed by atoms with van der Waals surface area (Å²) in [6.45, 7) is 0.278. The van der Waals surface area contributed by atoms with Crippen molar-refractivity contribution in [3.8, 4) is 0 Å². The van der Waals surface area contributed by atoms with Crippen LogP contribution >= 0.6 is 11.6 Å². The van der Waals surface area contributed by atoms with Gasteiger partial charge in [0.2, 0.25) is 15.9 Å². The van der Waals surface area contributed by atoms with Crippen molar-refractivity contribution >= 4 is 38.9 Å². The number of hydrogen-bond donors (Lipinski definition) is 2. The molecule has 2 rings (SSSR count). The number of carbonyl (C=O) groups excluding carboxylic acids is 1. The molecule has 1 aromatic rings. The van der Waals surface area contributed by atoms with Gasteiger partial charge in [0.15, 0.2) is 0 Å². The van der Waals surface area contributed by atoms with Crippen LogP contribution in [0.3, 0.4) is 0 Å². The number of carbonyl (C=O) groups is 1. The number of nitrogens with two attached hydrogens (primary N) is 2. The first-order chi connectivity index (χ1) is 8.78. The molecule has 1 aromatic carbocycles. The second kappa shape index (κ2) is 4.99. The number of benzene rings is 1. The number of primary sulfonamides is 1. The molecule has 1 amide bonds. The van der Waals surface area contributed by atoms with Crippen LogP contribution in [0.15, 0.2) is 18.2 Å². The Bertz CT molecular complexity index is 618. The van der Waals surface area contributed by atoms with Gasteiger partial charge in [0.25, 0.3) is 0 Å². The predicted octanol–water partition coefficient (Wildman–Crippen LogP) is 0.564. The van der Waals surface area contributed by atoms with E-state index in [0.29, 0.717) is 16.4 Å². The van der Waals surface area contributed by atoms with E-state index < -0.39 is 10.0 Å². The highest BCUT2D eigenvalue weighted by Gasteiger charge is 2.33. The fourth-order valence-electron chi connectivity index (χ4n) is 2.22. The SMILES string of the molecule is Nc1c(Cl)cccc1N1CC(CS(N)(=O)=O)CC1=O. The van der Waals surface area contributed by atoms with Gasteiger partial charge >= 0.3 is 0 Å². The van der Waals surface area contributed by atoms with E-state index in [-0.39, 0.29) is 30.5 Å². The first-order valence-corrected chi connectivity index (χ1v) is 7.72. The van der Waals surface area contributed by atoms with Crippen LogP contribution in [0.1, 0.15) is 6.42 Å². The van der Waals surface area contributed by atoms with Gasteiger partial charge in [-0.2, -0.15) is 0 Å². The van der Waals surface area contributed by atoms with Gasteiger partial charge in [-0.05, 0) is 12.1 Å². The zero-order valence-electron chi connectivity index (χ0n) is 10.0. The van der Waals surface area contributed by atoms with Crippen LogP contribution < -0.4 is 15.8 Å². The van der Waals surface area contributed by atoms with Crippen molar-refractivity contribution in [1.29, 1.82) is 0 Å². The van der Waals surface area contributed by atoms with E-state index in [9.17, 15) is 13.2 Å². The highest BCUT2D eigenvalue weighted by Crippen LogP contribution is 2.34. The van der Waals surface area contributed by atoms with Crippen LogP contribution in [0.5, 0.6) is 0 Å². The molecular formula is C11H14ClN3O3S. The molecule has 4 N–H and O–H groups in total. The van der Waals surface area contributed by atoms with Crippen LogP contribution in [-0.4, -0.2) is 26.6 Å². The predicted molar refractivity (Wildman–Crippen MR) is 74.3 cm³/mol. The topological polar surface area (TPSA) is 106 Å². The minimum atomic E-state index is -3.59. The fourth-order valence-corrected chi connectivity index (χ4v) is 3.27. The van der Waals surface area contributed by atoms with Crippen molar-refractivity contribution in [2.75, 3.05) is 22.9 Å². The third kappa shape index (κ3) is 3.17. The highest BCUT2D eigenvalue weighted by atomic mass is 35.5. The third-order valence-electron chi connectivity index (χ3n) is 2.99. The Kier molecular flexibility index (Phi) is 3.71. The second-order valence-corrected chi connectivity index (χ2v) is 6.64. The zero-order valence-corrected chi connectivity index (χ0v) is 11.6. The van der Waals surface area contributed by atoms with E-state index in [4.69, 9.17) is 22.5 Å². The number of amides is 1. The van der Waals surface area contributed by atoms with Crippen molar-refractivity contribution in [2.45, 2.75) is 6.42 Å². The average molecular weight is 304 g/mol. The standard InChI is InChI=1S/C11H14ClN3O3S/c12-8-2-1-3-9(11(8)13)15-5-7(4-10(15)16)6-19(14,17)18/h1-3,7H,4-6,13H2,(H2,14,17,18). The molecule has 0 aliphatic carbocycles. The molecule has 0 aromatic heterocycles. The van der Waals surface area contributed by atoms with E-state index in [1.54, 1.807) is 18.2 Å². The van der Waals surface area contributed by atoms with E-state index in [2.05, 4.69) is 0 Å². The summed E-state index contributed by atoms with van der Waals surface area (Å²) in [5, 5.41) is 5.36. The van der Waals surface area contributed by atoms with E-state index in [0.717, 1.165) is 0 Å². The molecule has 6 nitrogen and oxygen atoms in total. The summed E-state index contributed by atoms with van der Waals surface area (Å²) >= 11 is 5.90. The summed E-state index contributed by atoms with van der Waals surface area (Å²) in [4.78, 5) is 13.4. The molecule has 0 saturated carbocycles. The normalized spacial score (nSPS) is 20.0. The number of anilines is 2. The molecule has 1 aliphatic rings. The molecule has 1 unspecified atom stereocenters. The van der Waals surface area contributed by atoms with Gasteiger partial charge in [-0.3, -0.25) is 4.79 Å². The monoisotopic (exact) mass is 303 g/mol. The summed E-state index contributed by atoms with van der Waals surface area (Å²) in [7, 11) is -3.59. The van der Waals surface area contributed by atoms with Crippen molar-refractivity contribution in [2.24, 2.45) is 11.1 Å². The molecule has 1 aliphatic heterocycles. The molecule has 0 radical (unpaired) electrons. The van der Waals surface area contributed by atoms with Gasteiger partial charge in [0.1, 0.15) is 0 Å². The number of para-hydroxylation sites is 1. The summed E-state index contributed by atoms with van der Waals surface area (Å²) in [6.07, 6.45) is 0.141. The Morgan fingerprint density at radius 2 is 2.11 bits per heavy atom. The lowest BCUT2D eigenvalue weighted by atomic mass is 10.1. The second-order valence-electron chi connectivity index (χ2n) is 4.58. The van der Waals surface area contributed by atoms with Crippen LogP contribution in [-0.2, 0) is 14.8 Å². The van der Waals surface area contributed by atoms with Crippen LogP contribution in [0.4, 0.5) is 11.4 Å².